The van der Waals surface area contributed by atoms with Crippen LogP contribution in [-0.4, -0.2) is 33.6 Å². The number of carbonyl (C=O) groups excluding carboxylic acids is 2. The number of nitrogens with zero attached hydrogens (tertiary/aromatic N) is 2. The molecule has 2 N–H and O–H groups in total. The van der Waals surface area contributed by atoms with Crippen molar-refractivity contribution >= 4 is 23.5 Å². The van der Waals surface area contributed by atoms with Gasteiger partial charge >= 0.3 is 0 Å². The third-order valence-corrected chi connectivity index (χ3v) is 4.93. The summed E-state index contributed by atoms with van der Waals surface area (Å²) in [5.74, 6) is -0.876. The zero-order valence-corrected chi connectivity index (χ0v) is 15.8. The van der Waals surface area contributed by atoms with Gasteiger partial charge in [-0.3, -0.25) is 14.8 Å². The summed E-state index contributed by atoms with van der Waals surface area (Å²) in [6, 6.07) is 15.0. The SMILES string of the molecule is O=C(NO)c1noc2c1CN(C(=O)/C(=C/c1ccc(F)cc1)c1ccccc1)CC2. The monoisotopic (exact) mass is 407 g/mol. The normalized spacial score (nSPS) is 13.7. The van der Waals surface area contributed by atoms with E-state index in [1.54, 1.807) is 28.6 Å². The molecule has 0 saturated carbocycles. The van der Waals surface area contributed by atoms with Crippen LogP contribution in [0.15, 0.2) is 59.1 Å². The number of hydroxylamine groups is 1. The number of carbonyl (C=O) groups is 2. The number of hydrogen-bond donors (Lipinski definition) is 2. The molecular formula is C22H18FN3O4. The van der Waals surface area contributed by atoms with Crippen molar-refractivity contribution in [3.05, 3.63) is 88.6 Å². The average Bonchev–Trinajstić information content (AvgIpc) is 3.21. The molecule has 0 bridgehead atoms. The molecule has 2 aromatic carbocycles. The summed E-state index contributed by atoms with van der Waals surface area (Å²) in [5.41, 5.74) is 3.81. The Bertz CT molecular complexity index is 1110. The second-order valence-corrected chi connectivity index (χ2v) is 6.83. The molecular weight excluding hydrogens is 389 g/mol. The van der Waals surface area contributed by atoms with Gasteiger partial charge < -0.3 is 9.42 Å². The van der Waals surface area contributed by atoms with E-state index in [1.165, 1.54) is 12.1 Å². The van der Waals surface area contributed by atoms with Gasteiger partial charge in [0, 0.05) is 24.1 Å². The van der Waals surface area contributed by atoms with Crippen LogP contribution in [0, 0.1) is 5.82 Å². The van der Waals surface area contributed by atoms with Crippen LogP contribution in [0.2, 0.25) is 0 Å². The molecule has 8 heteroatoms. The molecule has 0 aliphatic carbocycles. The predicted molar refractivity (Wildman–Crippen MR) is 106 cm³/mol. The standard InChI is InChI=1S/C22H18FN3O4/c23-16-8-6-14(7-9-16)12-17(15-4-2-1-3-5-15)22(28)26-11-10-19-18(13-26)20(25-30-19)21(27)24-29/h1-9,12,29H,10-11,13H2,(H,24,27)/b17-12+. The smallest absolute Gasteiger partial charge is 0.297 e. The van der Waals surface area contributed by atoms with Gasteiger partial charge in [-0.25, -0.2) is 9.87 Å². The molecule has 0 saturated heterocycles. The van der Waals surface area contributed by atoms with Gasteiger partial charge in [0.05, 0.1) is 6.54 Å². The molecule has 0 spiro atoms. The molecule has 1 aromatic heterocycles. The fourth-order valence-electron chi connectivity index (χ4n) is 3.40. The number of fused-ring (bicyclic) bond motifs is 1. The van der Waals surface area contributed by atoms with Crippen LogP contribution in [0.5, 0.6) is 0 Å². The molecule has 2 heterocycles. The summed E-state index contributed by atoms with van der Waals surface area (Å²) in [7, 11) is 0. The van der Waals surface area contributed by atoms with E-state index in [0.29, 0.717) is 35.4 Å². The Balaban J connectivity index is 1.68. The Morgan fingerprint density at radius 3 is 2.57 bits per heavy atom. The van der Waals surface area contributed by atoms with Crippen LogP contribution in [-0.2, 0) is 17.8 Å². The van der Waals surface area contributed by atoms with Crippen molar-refractivity contribution in [2.45, 2.75) is 13.0 Å². The molecule has 30 heavy (non-hydrogen) atoms. The number of amides is 2. The second kappa shape index (κ2) is 8.30. The lowest BCUT2D eigenvalue weighted by molar-refractivity contribution is -0.125. The second-order valence-electron chi connectivity index (χ2n) is 6.83. The minimum Gasteiger partial charge on any atom is -0.360 e. The maximum absolute atomic E-state index is 13.4. The summed E-state index contributed by atoms with van der Waals surface area (Å²) in [5, 5.41) is 12.6. The van der Waals surface area contributed by atoms with Crippen LogP contribution in [0.1, 0.15) is 32.9 Å². The number of benzene rings is 2. The molecule has 1 aliphatic heterocycles. The van der Waals surface area contributed by atoms with Crippen molar-refractivity contribution < 1.29 is 23.7 Å². The first-order valence-electron chi connectivity index (χ1n) is 9.30. The third kappa shape index (κ3) is 3.85. The van der Waals surface area contributed by atoms with Crippen molar-refractivity contribution in [1.82, 2.24) is 15.5 Å². The van der Waals surface area contributed by atoms with Crippen molar-refractivity contribution in [3.8, 4) is 0 Å². The molecule has 0 radical (unpaired) electrons. The number of aromatic nitrogens is 1. The molecule has 7 nitrogen and oxygen atoms in total. The maximum Gasteiger partial charge on any atom is 0.297 e. The molecule has 0 atom stereocenters. The molecule has 0 unspecified atom stereocenters. The minimum atomic E-state index is -0.792. The van der Waals surface area contributed by atoms with Crippen LogP contribution >= 0.6 is 0 Å². The van der Waals surface area contributed by atoms with Gasteiger partial charge in [-0.15, -0.1) is 0 Å². The highest BCUT2D eigenvalue weighted by molar-refractivity contribution is 6.24. The first kappa shape index (κ1) is 19.5. The number of hydrogen-bond acceptors (Lipinski definition) is 5. The Kier molecular flexibility index (Phi) is 5.40. The highest BCUT2D eigenvalue weighted by Crippen LogP contribution is 2.27. The summed E-state index contributed by atoms with van der Waals surface area (Å²) < 4.78 is 18.5. The minimum absolute atomic E-state index is 0.0474. The van der Waals surface area contributed by atoms with E-state index >= 15 is 0 Å². The Morgan fingerprint density at radius 2 is 1.87 bits per heavy atom. The van der Waals surface area contributed by atoms with Gasteiger partial charge in [-0.1, -0.05) is 47.6 Å². The summed E-state index contributed by atoms with van der Waals surface area (Å²) in [6.07, 6.45) is 2.10. The molecule has 2 amide bonds. The Hall–Kier alpha value is -3.78. The van der Waals surface area contributed by atoms with E-state index in [-0.39, 0.29) is 24.0 Å². The lowest BCUT2D eigenvalue weighted by Crippen LogP contribution is -2.37. The molecule has 152 valence electrons. The van der Waals surface area contributed by atoms with Gasteiger partial charge in [-0.05, 0) is 29.3 Å². The first-order valence-corrected chi connectivity index (χ1v) is 9.30. The van der Waals surface area contributed by atoms with Gasteiger partial charge in [0.1, 0.15) is 11.6 Å². The lowest BCUT2D eigenvalue weighted by atomic mass is 9.99. The predicted octanol–water partition coefficient (Wildman–Crippen LogP) is 3.06. The highest BCUT2D eigenvalue weighted by atomic mass is 19.1. The topological polar surface area (TPSA) is 95.7 Å². The molecule has 0 fully saturated rings. The Labute approximate surface area is 171 Å². The van der Waals surface area contributed by atoms with Crippen molar-refractivity contribution in [3.63, 3.8) is 0 Å². The summed E-state index contributed by atoms with van der Waals surface area (Å²) in [6.45, 7) is 0.503. The highest BCUT2D eigenvalue weighted by Gasteiger charge is 2.31. The average molecular weight is 407 g/mol. The lowest BCUT2D eigenvalue weighted by Gasteiger charge is -2.27. The molecule has 3 aromatic rings. The number of nitrogens with one attached hydrogen (secondary N) is 1. The largest absolute Gasteiger partial charge is 0.360 e. The maximum atomic E-state index is 13.4. The summed E-state index contributed by atoms with van der Waals surface area (Å²) in [4.78, 5) is 26.8. The molecule has 4 rings (SSSR count). The van der Waals surface area contributed by atoms with Gasteiger partial charge in [0.25, 0.3) is 11.8 Å². The van der Waals surface area contributed by atoms with Crippen LogP contribution in [0.4, 0.5) is 4.39 Å². The zero-order chi connectivity index (χ0) is 21.1. The third-order valence-electron chi connectivity index (χ3n) is 4.93. The van der Waals surface area contributed by atoms with E-state index in [0.717, 1.165) is 5.56 Å². The Morgan fingerprint density at radius 1 is 1.13 bits per heavy atom. The van der Waals surface area contributed by atoms with Crippen LogP contribution in [0.25, 0.3) is 11.6 Å². The van der Waals surface area contributed by atoms with Crippen LogP contribution in [0.3, 0.4) is 0 Å². The fraction of sp³-hybridized carbons (Fsp3) is 0.136. The van der Waals surface area contributed by atoms with Gasteiger partial charge in [-0.2, -0.15) is 0 Å². The van der Waals surface area contributed by atoms with E-state index in [2.05, 4.69) is 5.16 Å². The zero-order valence-electron chi connectivity index (χ0n) is 15.8. The number of halogens is 1. The molecule has 1 aliphatic rings. The van der Waals surface area contributed by atoms with Gasteiger partial charge in [0.2, 0.25) is 0 Å². The van der Waals surface area contributed by atoms with E-state index in [9.17, 15) is 14.0 Å². The van der Waals surface area contributed by atoms with Crippen LogP contribution < -0.4 is 5.48 Å². The van der Waals surface area contributed by atoms with Gasteiger partial charge in [0.15, 0.2) is 5.69 Å². The number of rotatable bonds is 4. The fourth-order valence-corrected chi connectivity index (χ4v) is 3.40. The van der Waals surface area contributed by atoms with Crippen molar-refractivity contribution in [1.29, 1.82) is 0 Å². The van der Waals surface area contributed by atoms with E-state index in [1.807, 2.05) is 30.3 Å². The van der Waals surface area contributed by atoms with E-state index < -0.39 is 5.91 Å². The van der Waals surface area contributed by atoms with E-state index in [4.69, 9.17) is 9.73 Å². The van der Waals surface area contributed by atoms with Crippen molar-refractivity contribution in [2.75, 3.05) is 6.54 Å². The first-order chi connectivity index (χ1) is 14.6. The quantitative estimate of drug-likeness (QED) is 0.300. The van der Waals surface area contributed by atoms with Crippen molar-refractivity contribution in [2.24, 2.45) is 0 Å². The summed E-state index contributed by atoms with van der Waals surface area (Å²) >= 11 is 0.